The monoisotopic (exact) mass is 444 g/mol. The molecule has 7 nitrogen and oxygen atoms in total. The van der Waals surface area contributed by atoms with Crippen LogP contribution in [0.15, 0.2) is 72.3 Å². The first-order chi connectivity index (χ1) is 15.6. The Morgan fingerprint density at radius 2 is 1.75 bits per heavy atom. The van der Waals surface area contributed by atoms with Gasteiger partial charge in [0.15, 0.2) is 11.5 Å². The number of nitrogens with zero attached hydrogens (tertiary/aromatic N) is 2. The zero-order valence-corrected chi connectivity index (χ0v) is 17.5. The minimum Gasteiger partial charge on any atom is -0.454 e. The number of carbonyl (C=O) groups is 1. The average Bonchev–Trinajstić information content (AvgIpc) is 3.52. The molecular formula is C24H16N2O5S. The molecule has 1 aromatic heterocycles. The Balaban J connectivity index is 1.54. The van der Waals surface area contributed by atoms with E-state index in [0.717, 1.165) is 22.8 Å². The summed E-state index contributed by atoms with van der Waals surface area (Å²) in [5.74, 6) is -1.47. The van der Waals surface area contributed by atoms with Crippen LogP contribution < -0.4 is 9.47 Å². The maximum absolute atomic E-state index is 13.1. The number of cyclic esters (lactones) is 1. The van der Waals surface area contributed by atoms with E-state index in [1.165, 1.54) is 0 Å². The number of aliphatic hydroxyl groups is 1. The van der Waals surface area contributed by atoms with Crippen LogP contribution in [0.3, 0.4) is 0 Å². The Kier molecular flexibility index (Phi) is 4.24. The van der Waals surface area contributed by atoms with Crippen molar-refractivity contribution in [1.82, 2.24) is 8.75 Å². The highest BCUT2D eigenvalue weighted by atomic mass is 32.1. The van der Waals surface area contributed by atoms with Gasteiger partial charge in [0, 0.05) is 17.6 Å². The summed E-state index contributed by atoms with van der Waals surface area (Å²) < 4.78 is 25.0. The zero-order chi connectivity index (χ0) is 21.7. The fourth-order valence-electron chi connectivity index (χ4n) is 4.12. The van der Waals surface area contributed by atoms with Crippen LogP contribution >= 0.6 is 11.7 Å². The molecule has 4 aromatic rings. The van der Waals surface area contributed by atoms with E-state index < -0.39 is 11.8 Å². The number of carbonyl (C=O) groups excluding carboxylic acids is 1. The first-order valence-electron chi connectivity index (χ1n) is 9.98. The first-order valence-corrected chi connectivity index (χ1v) is 10.7. The second-order valence-corrected chi connectivity index (χ2v) is 8.11. The van der Waals surface area contributed by atoms with Crippen molar-refractivity contribution in [3.8, 4) is 11.5 Å². The molecule has 0 aliphatic carbocycles. The summed E-state index contributed by atoms with van der Waals surface area (Å²) in [7, 11) is 0. The van der Waals surface area contributed by atoms with Gasteiger partial charge < -0.3 is 19.3 Å². The average molecular weight is 444 g/mol. The molecular weight excluding hydrogens is 428 g/mol. The predicted molar refractivity (Wildman–Crippen MR) is 117 cm³/mol. The van der Waals surface area contributed by atoms with Crippen LogP contribution in [-0.4, -0.2) is 26.6 Å². The van der Waals surface area contributed by atoms with E-state index in [1.54, 1.807) is 30.3 Å². The molecule has 0 bridgehead atoms. The molecule has 0 spiro atoms. The van der Waals surface area contributed by atoms with Crippen molar-refractivity contribution in [2.75, 3.05) is 6.79 Å². The Morgan fingerprint density at radius 3 is 2.62 bits per heavy atom. The van der Waals surface area contributed by atoms with Gasteiger partial charge in [-0.1, -0.05) is 36.4 Å². The third kappa shape index (κ3) is 2.96. The van der Waals surface area contributed by atoms with Crippen LogP contribution in [0, 0.1) is 0 Å². The Morgan fingerprint density at radius 1 is 0.938 bits per heavy atom. The fourth-order valence-corrected chi connectivity index (χ4v) is 4.64. The van der Waals surface area contributed by atoms with E-state index in [0.29, 0.717) is 45.7 Å². The number of ether oxygens (including phenoxy) is 3. The van der Waals surface area contributed by atoms with Crippen LogP contribution in [0.2, 0.25) is 0 Å². The number of rotatable bonds is 4. The number of hydrogen-bond donors (Lipinski definition) is 1. The second-order valence-electron chi connectivity index (χ2n) is 7.59. The molecule has 3 heterocycles. The quantitative estimate of drug-likeness (QED) is 0.479. The van der Waals surface area contributed by atoms with Gasteiger partial charge in [-0.3, -0.25) is 0 Å². The highest BCUT2D eigenvalue weighted by molar-refractivity contribution is 7.00. The van der Waals surface area contributed by atoms with Gasteiger partial charge in [-0.15, -0.1) is 0 Å². The van der Waals surface area contributed by atoms with E-state index in [4.69, 9.17) is 14.2 Å². The molecule has 0 fully saturated rings. The molecule has 1 atom stereocenters. The minimum atomic E-state index is -1.95. The van der Waals surface area contributed by atoms with E-state index in [1.807, 2.05) is 36.4 Å². The van der Waals surface area contributed by atoms with Crippen LogP contribution in [0.1, 0.15) is 16.7 Å². The molecule has 32 heavy (non-hydrogen) atoms. The van der Waals surface area contributed by atoms with Gasteiger partial charge in [-0.25, -0.2) is 4.79 Å². The van der Waals surface area contributed by atoms with E-state index in [2.05, 4.69) is 8.75 Å². The van der Waals surface area contributed by atoms with Crippen molar-refractivity contribution in [3.63, 3.8) is 0 Å². The molecule has 1 unspecified atom stereocenters. The lowest BCUT2D eigenvalue weighted by atomic mass is 9.88. The summed E-state index contributed by atoms with van der Waals surface area (Å²) in [6.45, 7) is 0.108. The van der Waals surface area contributed by atoms with Crippen LogP contribution in [0.25, 0.3) is 16.6 Å². The Labute approximate surface area is 186 Å². The van der Waals surface area contributed by atoms with E-state index in [-0.39, 0.29) is 6.79 Å². The summed E-state index contributed by atoms with van der Waals surface area (Å²) in [4.78, 5) is 13.1. The van der Waals surface area contributed by atoms with Crippen molar-refractivity contribution in [2.45, 2.75) is 12.2 Å². The molecule has 0 saturated carbocycles. The molecule has 0 saturated heterocycles. The number of benzene rings is 3. The fraction of sp³-hybridized carbons (Fsp3) is 0.125. The molecule has 8 heteroatoms. The van der Waals surface area contributed by atoms with Crippen molar-refractivity contribution in [2.24, 2.45) is 0 Å². The molecule has 2 aliphatic rings. The standard InChI is InChI=1S/C24H16N2O5S/c27-23-22(15-6-8-18-19(11-15)26-32-25-18)17(10-14-4-2-1-3-5-14)24(28,31-23)16-7-9-20-21(12-16)30-13-29-20/h1-9,11-12,28H,10,13H2. The maximum Gasteiger partial charge on any atom is 0.342 e. The van der Waals surface area contributed by atoms with Crippen LogP contribution in [0.5, 0.6) is 11.5 Å². The molecule has 2 aliphatic heterocycles. The molecule has 158 valence electrons. The summed E-state index contributed by atoms with van der Waals surface area (Å²) >= 11 is 1.11. The van der Waals surface area contributed by atoms with Crippen molar-refractivity contribution < 1.29 is 24.1 Å². The van der Waals surface area contributed by atoms with Crippen LogP contribution in [-0.2, 0) is 21.7 Å². The zero-order valence-electron chi connectivity index (χ0n) is 16.6. The predicted octanol–water partition coefficient (Wildman–Crippen LogP) is 3.82. The lowest BCUT2D eigenvalue weighted by Crippen LogP contribution is -2.29. The summed E-state index contributed by atoms with van der Waals surface area (Å²) in [6, 6.07) is 20.1. The normalized spacial score (nSPS) is 19.6. The SMILES string of the molecule is O=C1OC(O)(c2ccc3c(c2)OCO3)C(Cc2ccccc2)=C1c1ccc2nsnc2c1. The highest BCUT2D eigenvalue weighted by Gasteiger charge is 2.48. The van der Waals surface area contributed by atoms with Crippen molar-refractivity contribution in [1.29, 1.82) is 0 Å². The second kappa shape index (κ2) is 7.15. The maximum atomic E-state index is 13.1. The minimum absolute atomic E-state index is 0.108. The lowest BCUT2D eigenvalue weighted by Gasteiger charge is -2.26. The Bertz CT molecular complexity index is 1400. The number of fused-ring (bicyclic) bond motifs is 2. The van der Waals surface area contributed by atoms with Gasteiger partial charge in [0.2, 0.25) is 6.79 Å². The summed E-state index contributed by atoms with van der Waals surface area (Å²) in [5.41, 5.74) is 4.17. The molecule has 1 N–H and O–H groups in total. The van der Waals surface area contributed by atoms with E-state index in [9.17, 15) is 9.90 Å². The van der Waals surface area contributed by atoms with E-state index >= 15 is 0 Å². The molecule has 3 aromatic carbocycles. The van der Waals surface area contributed by atoms with Gasteiger partial charge in [-0.2, -0.15) is 8.75 Å². The first kappa shape index (κ1) is 19.0. The van der Waals surface area contributed by atoms with Gasteiger partial charge >= 0.3 is 5.97 Å². The largest absolute Gasteiger partial charge is 0.454 e. The molecule has 0 radical (unpaired) electrons. The smallest absolute Gasteiger partial charge is 0.342 e. The number of esters is 1. The molecule has 0 amide bonds. The van der Waals surface area contributed by atoms with Gasteiger partial charge in [0.05, 0.1) is 17.3 Å². The summed E-state index contributed by atoms with van der Waals surface area (Å²) in [5, 5.41) is 11.8. The van der Waals surface area contributed by atoms with Gasteiger partial charge in [0.25, 0.3) is 5.79 Å². The third-order valence-corrected chi connectivity index (χ3v) is 6.24. The van der Waals surface area contributed by atoms with Gasteiger partial charge in [-0.05, 0) is 41.5 Å². The summed E-state index contributed by atoms with van der Waals surface area (Å²) in [6.07, 6.45) is 0.320. The van der Waals surface area contributed by atoms with Gasteiger partial charge in [0.1, 0.15) is 11.0 Å². The van der Waals surface area contributed by atoms with Crippen LogP contribution in [0.4, 0.5) is 0 Å². The topological polar surface area (TPSA) is 90.8 Å². The Hall–Kier alpha value is -3.75. The molecule has 6 rings (SSSR count). The third-order valence-electron chi connectivity index (χ3n) is 5.69. The lowest BCUT2D eigenvalue weighted by molar-refractivity contribution is -0.185. The number of hydrogen-bond acceptors (Lipinski definition) is 8. The van der Waals surface area contributed by atoms with Crippen molar-refractivity contribution >= 4 is 34.3 Å². The highest BCUT2D eigenvalue weighted by Crippen LogP contribution is 2.47. The van der Waals surface area contributed by atoms with Crippen molar-refractivity contribution in [3.05, 3.63) is 89.0 Å². The number of aromatic nitrogens is 2.